The van der Waals surface area contributed by atoms with Crippen molar-refractivity contribution in [1.29, 1.82) is 0 Å². The number of carbonyl (C=O) groups excluding carboxylic acids is 2. The van der Waals surface area contributed by atoms with Crippen molar-refractivity contribution < 1.29 is 9.59 Å². The molecule has 0 radical (unpaired) electrons. The minimum atomic E-state index is -0.239. The van der Waals surface area contributed by atoms with Crippen molar-refractivity contribution in [2.24, 2.45) is 5.92 Å². The Bertz CT molecular complexity index is 1460. The summed E-state index contributed by atoms with van der Waals surface area (Å²) in [6.07, 6.45) is 3.76. The van der Waals surface area contributed by atoms with Crippen LogP contribution in [0, 0.1) is 19.8 Å². The van der Waals surface area contributed by atoms with Crippen LogP contribution >= 0.6 is 0 Å². The van der Waals surface area contributed by atoms with Gasteiger partial charge in [0.15, 0.2) is 0 Å². The molecule has 3 aromatic heterocycles. The molecule has 9 nitrogen and oxygen atoms in total. The molecule has 2 aliphatic rings. The van der Waals surface area contributed by atoms with E-state index in [2.05, 4.69) is 60.7 Å². The molecule has 1 aliphatic carbocycles. The summed E-state index contributed by atoms with van der Waals surface area (Å²) in [6.45, 7) is 6.98. The van der Waals surface area contributed by atoms with Crippen LogP contribution in [0.15, 0.2) is 42.6 Å². The number of carbonyl (C=O) groups is 2. The molecule has 36 heavy (non-hydrogen) atoms. The van der Waals surface area contributed by atoms with Gasteiger partial charge in [0.05, 0.1) is 17.6 Å². The second-order valence-corrected chi connectivity index (χ2v) is 9.74. The van der Waals surface area contributed by atoms with Crippen LogP contribution in [-0.4, -0.2) is 63.1 Å². The number of aromatic nitrogens is 4. The summed E-state index contributed by atoms with van der Waals surface area (Å²) in [4.78, 5) is 37.3. The number of hydrogen-bond donors (Lipinski definition) is 3. The molecule has 1 aromatic carbocycles. The maximum atomic E-state index is 12.6. The number of rotatable bonds is 5. The number of hydrogen-bond acceptors (Lipinski definition) is 5. The molecular formula is C27H29N7O2. The SMILES string of the molecule is Cc1n[nH]c(C(=O)Nc2cnc3[nH]c(-c4cccc(N5CCN(C(=O)C6CC6)CC5)c4)cc3c2)c1C. The monoisotopic (exact) mass is 483 g/mol. The first kappa shape index (κ1) is 22.3. The van der Waals surface area contributed by atoms with E-state index in [9.17, 15) is 9.59 Å². The van der Waals surface area contributed by atoms with Crippen molar-refractivity contribution in [3.05, 3.63) is 59.5 Å². The highest BCUT2D eigenvalue weighted by molar-refractivity contribution is 6.04. The van der Waals surface area contributed by atoms with E-state index in [4.69, 9.17) is 0 Å². The zero-order valence-corrected chi connectivity index (χ0v) is 20.5. The van der Waals surface area contributed by atoms with Gasteiger partial charge < -0.3 is 20.1 Å². The lowest BCUT2D eigenvalue weighted by Gasteiger charge is -2.36. The Morgan fingerprint density at radius 2 is 1.86 bits per heavy atom. The van der Waals surface area contributed by atoms with Crippen molar-refractivity contribution in [1.82, 2.24) is 25.1 Å². The molecule has 2 amide bonds. The van der Waals surface area contributed by atoms with E-state index in [0.29, 0.717) is 17.3 Å². The first-order valence-corrected chi connectivity index (χ1v) is 12.4. The molecule has 9 heteroatoms. The number of nitrogens with one attached hydrogen (secondary N) is 3. The molecular weight excluding hydrogens is 454 g/mol. The quantitative estimate of drug-likeness (QED) is 0.399. The maximum absolute atomic E-state index is 12.6. The summed E-state index contributed by atoms with van der Waals surface area (Å²) < 4.78 is 0. The lowest BCUT2D eigenvalue weighted by molar-refractivity contribution is -0.132. The number of aromatic amines is 2. The highest BCUT2D eigenvalue weighted by atomic mass is 16.2. The van der Waals surface area contributed by atoms with E-state index < -0.39 is 0 Å². The molecule has 0 spiro atoms. The number of fused-ring (bicyclic) bond motifs is 1. The van der Waals surface area contributed by atoms with Crippen molar-refractivity contribution in [2.45, 2.75) is 26.7 Å². The third-order valence-electron chi connectivity index (χ3n) is 7.25. The minimum Gasteiger partial charge on any atom is -0.368 e. The summed E-state index contributed by atoms with van der Waals surface area (Å²) in [5.74, 6) is 0.374. The van der Waals surface area contributed by atoms with Crippen molar-refractivity contribution in [2.75, 3.05) is 36.4 Å². The van der Waals surface area contributed by atoms with E-state index in [-0.39, 0.29) is 11.8 Å². The number of H-pyrrole nitrogens is 2. The van der Waals surface area contributed by atoms with Gasteiger partial charge >= 0.3 is 0 Å². The van der Waals surface area contributed by atoms with E-state index in [1.54, 1.807) is 6.20 Å². The number of piperazine rings is 1. The predicted molar refractivity (Wildman–Crippen MR) is 139 cm³/mol. The molecule has 6 rings (SSSR count). The number of anilines is 2. The largest absolute Gasteiger partial charge is 0.368 e. The molecule has 184 valence electrons. The van der Waals surface area contributed by atoms with E-state index >= 15 is 0 Å². The van der Waals surface area contributed by atoms with Crippen LogP contribution in [0.1, 0.15) is 34.6 Å². The number of nitrogens with zero attached hydrogens (tertiary/aromatic N) is 4. The van der Waals surface area contributed by atoms with Crippen LogP contribution < -0.4 is 10.2 Å². The first-order valence-electron chi connectivity index (χ1n) is 12.4. The van der Waals surface area contributed by atoms with Gasteiger partial charge in [-0.05, 0) is 51.0 Å². The van der Waals surface area contributed by atoms with Gasteiger partial charge in [-0.15, -0.1) is 0 Å². The van der Waals surface area contributed by atoms with Gasteiger partial charge in [-0.25, -0.2) is 4.98 Å². The van der Waals surface area contributed by atoms with Crippen LogP contribution in [0.2, 0.25) is 0 Å². The number of benzene rings is 1. The molecule has 1 saturated heterocycles. The Morgan fingerprint density at radius 1 is 1.06 bits per heavy atom. The fraction of sp³-hybridized carbons (Fsp3) is 0.333. The molecule has 0 bridgehead atoms. The fourth-order valence-corrected chi connectivity index (χ4v) is 4.79. The molecule has 3 N–H and O–H groups in total. The third kappa shape index (κ3) is 4.21. The van der Waals surface area contributed by atoms with Gasteiger partial charge in [-0.1, -0.05) is 12.1 Å². The Labute approximate surface area is 208 Å². The van der Waals surface area contributed by atoms with E-state index in [1.165, 1.54) is 0 Å². The Hall–Kier alpha value is -4.14. The molecule has 2 fully saturated rings. The van der Waals surface area contributed by atoms with Crippen molar-refractivity contribution in [3.63, 3.8) is 0 Å². The Morgan fingerprint density at radius 3 is 2.58 bits per heavy atom. The van der Waals surface area contributed by atoms with E-state index in [1.807, 2.05) is 24.8 Å². The highest BCUT2D eigenvalue weighted by Gasteiger charge is 2.34. The summed E-state index contributed by atoms with van der Waals surface area (Å²) in [5.41, 5.74) is 6.65. The zero-order chi connectivity index (χ0) is 24.8. The summed E-state index contributed by atoms with van der Waals surface area (Å²) >= 11 is 0. The van der Waals surface area contributed by atoms with Crippen molar-refractivity contribution >= 4 is 34.2 Å². The standard InChI is InChI=1S/C27H29N7O2/c1-16-17(2)31-32-24(16)26(35)29-21-12-20-14-23(30-25(20)28-15-21)19-4-3-5-22(13-19)33-8-10-34(11-9-33)27(36)18-6-7-18/h3-5,12-15,18H,6-11H2,1-2H3,(H,28,30)(H,29,35)(H,31,32). The Kier molecular flexibility index (Phi) is 5.47. The molecule has 0 atom stereocenters. The molecule has 1 saturated carbocycles. The van der Waals surface area contributed by atoms with Crippen LogP contribution in [0.25, 0.3) is 22.3 Å². The van der Waals surface area contributed by atoms with Crippen LogP contribution in [0.4, 0.5) is 11.4 Å². The van der Waals surface area contributed by atoms with Gasteiger partial charge in [-0.2, -0.15) is 5.10 Å². The topological polar surface area (TPSA) is 110 Å². The molecule has 4 aromatic rings. The first-order chi connectivity index (χ1) is 17.5. The van der Waals surface area contributed by atoms with Crippen LogP contribution in [0.5, 0.6) is 0 Å². The summed E-state index contributed by atoms with van der Waals surface area (Å²) in [6, 6.07) is 12.4. The smallest absolute Gasteiger partial charge is 0.273 e. The maximum Gasteiger partial charge on any atom is 0.273 e. The second kappa shape index (κ2) is 8.82. The molecule has 4 heterocycles. The predicted octanol–water partition coefficient (Wildman–Crippen LogP) is 3.88. The number of amides is 2. The van der Waals surface area contributed by atoms with Crippen LogP contribution in [-0.2, 0) is 4.79 Å². The van der Waals surface area contributed by atoms with Crippen molar-refractivity contribution in [3.8, 4) is 11.3 Å². The van der Waals surface area contributed by atoms with Gasteiger partial charge in [0.2, 0.25) is 5.91 Å². The van der Waals surface area contributed by atoms with Gasteiger partial charge in [0.1, 0.15) is 11.3 Å². The average molecular weight is 484 g/mol. The number of aryl methyl sites for hydroxylation is 1. The van der Waals surface area contributed by atoms with Gasteiger partial charge in [0.25, 0.3) is 5.91 Å². The number of pyridine rings is 1. The van der Waals surface area contributed by atoms with Crippen LogP contribution in [0.3, 0.4) is 0 Å². The summed E-state index contributed by atoms with van der Waals surface area (Å²) in [5, 5.41) is 10.7. The fourth-order valence-electron chi connectivity index (χ4n) is 4.79. The third-order valence-corrected chi connectivity index (χ3v) is 7.25. The highest BCUT2D eigenvalue weighted by Crippen LogP contribution is 2.32. The molecule has 0 unspecified atom stereocenters. The molecule has 1 aliphatic heterocycles. The summed E-state index contributed by atoms with van der Waals surface area (Å²) in [7, 11) is 0. The minimum absolute atomic E-state index is 0.239. The van der Waals surface area contributed by atoms with Gasteiger partial charge in [-0.3, -0.25) is 14.7 Å². The lowest BCUT2D eigenvalue weighted by Crippen LogP contribution is -2.49. The Balaban J connectivity index is 1.17. The lowest BCUT2D eigenvalue weighted by atomic mass is 10.1. The van der Waals surface area contributed by atoms with E-state index in [0.717, 1.165) is 78.3 Å². The normalized spacial score (nSPS) is 15.9. The zero-order valence-electron chi connectivity index (χ0n) is 20.5. The van der Waals surface area contributed by atoms with Gasteiger partial charge in [0, 0.05) is 60.0 Å². The second-order valence-electron chi connectivity index (χ2n) is 9.74. The average Bonchev–Trinajstić information content (AvgIpc) is 3.58.